The molecule has 0 aliphatic heterocycles. The molecule has 3 rings (SSSR count). The van der Waals surface area contributed by atoms with Gasteiger partial charge in [-0.1, -0.05) is 12.2 Å². The molecule has 0 spiro atoms. The van der Waals surface area contributed by atoms with Crippen LogP contribution in [0.5, 0.6) is 0 Å². The summed E-state index contributed by atoms with van der Waals surface area (Å²) in [6, 6.07) is 7.73. The van der Waals surface area contributed by atoms with Crippen molar-refractivity contribution >= 4 is 23.3 Å². The van der Waals surface area contributed by atoms with Gasteiger partial charge in [-0.05, 0) is 56.4 Å². The smallest absolute Gasteiger partial charge is 0.307 e. The van der Waals surface area contributed by atoms with E-state index in [-0.39, 0.29) is 17.7 Å². The Kier molecular flexibility index (Phi) is 4.60. The average Bonchev–Trinajstić information content (AvgIpc) is 3.18. The third-order valence-corrected chi connectivity index (χ3v) is 5.31. The van der Waals surface area contributed by atoms with Crippen LogP contribution in [-0.4, -0.2) is 30.1 Å². The van der Waals surface area contributed by atoms with Gasteiger partial charge in [0, 0.05) is 24.5 Å². The van der Waals surface area contributed by atoms with Crippen LogP contribution in [0.15, 0.2) is 36.4 Å². The summed E-state index contributed by atoms with van der Waals surface area (Å²) in [6.07, 6.45) is 4.72. The molecule has 1 saturated carbocycles. The van der Waals surface area contributed by atoms with Crippen LogP contribution < -0.4 is 10.2 Å². The molecule has 4 atom stereocenters. The second-order valence-corrected chi connectivity index (χ2v) is 6.55. The Labute approximate surface area is 142 Å². The highest BCUT2D eigenvalue weighted by molar-refractivity contribution is 5.96. The lowest BCUT2D eigenvalue weighted by atomic mass is 9.82. The van der Waals surface area contributed by atoms with Crippen LogP contribution in [0.4, 0.5) is 11.4 Å². The minimum Gasteiger partial charge on any atom is -0.481 e. The molecule has 0 heterocycles. The minimum atomic E-state index is -0.871. The standard InChI is InChI=1S/C19H24N2O3/c1-3-21(4-2)15-9-7-14(8-10-15)20-18(22)16-12-5-6-13(11-12)17(16)19(23)24/h5-10,12-13,16-17H,3-4,11H2,1-2H3,(H,20,22)(H,23,24)/t12-,13-,16+,17-/m0/s1. The summed E-state index contributed by atoms with van der Waals surface area (Å²) in [5.41, 5.74) is 1.83. The molecule has 128 valence electrons. The number of aliphatic carboxylic acids is 1. The van der Waals surface area contributed by atoms with Crippen molar-refractivity contribution in [2.75, 3.05) is 23.3 Å². The summed E-state index contributed by atoms with van der Waals surface area (Å²) >= 11 is 0. The summed E-state index contributed by atoms with van der Waals surface area (Å²) in [5, 5.41) is 12.4. The number of carbonyl (C=O) groups excluding carboxylic acids is 1. The molecular weight excluding hydrogens is 304 g/mol. The molecule has 2 bridgehead atoms. The molecule has 0 aromatic heterocycles. The first-order chi connectivity index (χ1) is 11.5. The average molecular weight is 328 g/mol. The molecule has 1 amide bonds. The number of anilines is 2. The van der Waals surface area contributed by atoms with E-state index in [4.69, 9.17) is 0 Å². The van der Waals surface area contributed by atoms with Gasteiger partial charge in [0.2, 0.25) is 5.91 Å². The maximum atomic E-state index is 12.6. The summed E-state index contributed by atoms with van der Waals surface area (Å²) in [6.45, 7) is 6.07. The first-order valence-corrected chi connectivity index (χ1v) is 8.62. The highest BCUT2D eigenvalue weighted by atomic mass is 16.4. The van der Waals surface area contributed by atoms with Crippen LogP contribution in [0.2, 0.25) is 0 Å². The van der Waals surface area contributed by atoms with Crippen LogP contribution in [0.1, 0.15) is 20.3 Å². The van der Waals surface area contributed by atoms with Gasteiger partial charge in [0.25, 0.3) is 0 Å². The number of benzene rings is 1. The molecule has 0 radical (unpaired) electrons. The summed E-state index contributed by atoms with van der Waals surface area (Å²) in [4.78, 5) is 26.4. The lowest BCUT2D eigenvalue weighted by Gasteiger charge is -2.24. The van der Waals surface area contributed by atoms with E-state index in [0.717, 1.165) is 25.2 Å². The van der Waals surface area contributed by atoms with Crippen molar-refractivity contribution in [1.82, 2.24) is 0 Å². The largest absolute Gasteiger partial charge is 0.481 e. The van der Waals surface area contributed by atoms with Gasteiger partial charge in [-0.15, -0.1) is 0 Å². The number of allylic oxidation sites excluding steroid dienone is 2. The predicted molar refractivity (Wildman–Crippen MR) is 94.0 cm³/mol. The number of amides is 1. The van der Waals surface area contributed by atoms with Crippen LogP contribution >= 0.6 is 0 Å². The predicted octanol–water partition coefficient (Wildman–Crippen LogP) is 2.99. The number of carbonyl (C=O) groups is 2. The number of carboxylic acid groups (broad SMARTS) is 1. The first kappa shape index (κ1) is 16.6. The van der Waals surface area contributed by atoms with E-state index in [1.165, 1.54) is 0 Å². The number of hydrogen-bond acceptors (Lipinski definition) is 3. The highest BCUT2D eigenvalue weighted by Gasteiger charge is 2.51. The van der Waals surface area contributed by atoms with Crippen LogP contribution in [-0.2, 0) is 9.59 Å². The molecule has 5 heteroatoms. The zero-order chi connectivity index (χ0) is 17.3. The Bertz CT molecular complexity index is 649. The number of nitrogens with one attached hydrogen (secondary N) is 1. The molecule has 24 heavy (non-hydrogen) atoms. The minimum absolute atomic E-state index is 0.00621. The number of hydrogen-bond donors (Lipinski definition) is 2. The van der Waals surface area contributed by atoms with Crippen molar-refractivity contribution in [3.05, 3.63) is 36.4 Å². The van der Waals surface area contributed by atoms with Crippen LogP contribution in [0.25, 0.3) is 0 Å². The third kappa shape index (κ3) is 2.90. The van der Waals surface area contributed by atoms with Gasteiger partial charge in [-0.3, -0.25) is 9.59 Å². The zero-order valence-electron chi connectivity index (χ0n) is 14.1. The SMILES string of the molecule is CCN(CC)c1ccc(NC(=O)[C@H]2[C@@H](C(=O)O)[C@H]3C=C[C@H]2C3)cc1. The quantitative estimate of drug-likeness (QED) is 0.788. The summed E-state index contributed by atoms with van der Waals surface area (Å²) in [7, 11) is 0. The lowest BCUT2D eigenvalue weighted by Crippen LogP contribution is -2.36. The topological polar surface area (TPSA) is 69.6 Å². The number of rotatable bonds is 6. The zero-order valence-corrected chi connectivity index (χ0v) is 14.1. The van der Waals surface area contributed by atoms with E-state index >= 15 is 0 Å². The van der Waals surface area contributed by atoms with E-state index < -0.39 is 17.8 Å². The van der Waals surface area contributed by atoms with Gasteiger partial charge in [-0.25, -0.2) is 0 Å². The molecule has 5 nitrogen and oxygen atoms in total. The van der Waals surface area contributed by atoms with Crippen molar-refractivity contribution in [1.29, 1.82) is 0 Å². The number of carboxylic acids is 1. The fourth-order valence-electron chi connectivity index (χ4n) is 4.09. The van der Waals surface area contributed by atoms with Gasteiger partial charge in [-0.2, -0.15) is 0 Å². The molecule has 2 aliphatic rings. The second-order valence-electron chi connectivity index (χ2n) is 6.55. The van der Waals surface area contributed by atoms with E-state index in [1.807, 2.05) is 36.4 Å². The van der Waals surface area contributed by atoms with Crippen LogP contribution in [0, 0.1) is 23.7 Å². The van der Waals surface area contributed by atoms with Crippen molar-refractivity contribution in [2.24, 2.45) is 23.7 Å². The Morgan fingerprint density at radius 3 is 2.21 bits per heavy atom. The van der Waals surface area contributed by atoms with Gasteiger partial charge < -0.3 is 15.3 Å². The Hall–Kier alpha value is -2.30. The first-order valence-electron chi connectivity index (χ1n) is 8.62. The maximum absolute atomic E-state index is 12.6. The van der Waals surface area contributed by atoms with Gasteiger partial charge in [0.15, 0.2) is 0 Å². The summed E-state index contributed by atoms with van der Waals surface area (Å²) < 4.78 is 0. The van der Waals surface area contributed by atoms with Crippen molar-refractivity contribution < 1.29 is 14.7 Å². The maximum Gasteiger partial charge on any atom is 0.307 e. The third-order valence-electron chi connectivity index (χ3n) is 5.31. The Balaban J connectivity index is 1.71. The van der Waals surface area contributed by atoms with E-state index in [2.05, 4.69) is 24.1 Å². The molecule has 1 aromatic rings. The molecule has 2 N–H and O–H groups in total. The Morgan fingerprint density at radius 2 is 1.67 bits per heavy atom. The normalized spacial score (nSPS) is 27.2. The second kappa shape index (κ2) is 6.67. The molecule has 2 aliphatic carbocycles. The molecular formula is C19H24N2O3. The number of fused-ring (bicyclic) bond motifs is 2. The summed E-state index contributed by atoms with van der Waals surface area (Å²) in [5.74, 6) is -2.09. The Morgan fingerprint density at radius 1 is 1.08 bits per heavy atom. The molecule has 0 unspecified atom stereocenters. The van der Waals surface area contributed by atoms with Gasteiger partial charge in [0.05, 0.1) is 11.8 Å². The van der Waals surface area contributed by atoms with Gasteiger partial charge in [0.1, 0.15) is 0 Å². The van der Waals surface area contributed by atoms with Gasteiger partial charge >= 0.3 is 5.97 Å². The van der Waals surface area contributed by atoms with Crippen LogP contribution in [0.3, 0.4) is 0 Å². The van der Waals surface area contributed by atoms with E-state index in [0.29, 0.717) is 5.69 Å². The molecule has 1 fully saturated rings. The molecule has 1 aromatic carbocycles. The van der Waals surface area contributed by atoms with Crippen molar-refractivity contribution in [3.63, 3.8) is 0 Å². The molecule has 0 saturated heterocycles. The lowest BCUT2D eigenvalue weighted by molar-refractivity contribution is -0.146. The fourth-order valence-corrected chi connectivity index (χ4v) is 4.09. The fraction of sp³-hybridized carbons (Fsp3) is 0.474. The monoisotopic (exact) mass is 328 g/mol. The highest BCUT2D eigenvalue weighted by Crippen LogP contribution is 2.48. The van der Waals surface area contributed by atoms with E-state index in [1.54, 1.807) is 0 Å². The number of nitrogens with zero attached hydrogens (tertiary/aromatic N) is 1. The van der Waals surface area contributed by atoms with Crippen molar-refractivity contribution in [2.45, 2.75) is 20.3 Å². The van der Waals surface area contributed by atoms with Crippen molar-refractivity contribution in [3.8, 4) is 0 Å². The van der Waals surface area contributed by atoms with E-state index in [9.17, 15) is 14.7 Å².